The van der Waals surface area contributed by atoms with Gasteiger partial charge < -0.3 is 9.73 Å². The van der Waals surface area contributed by atoms with Gasteiger partial charge in [-0.25, -0.2) is 8.78 Å². The molecule has 1 aromatic heterocycles. The summed E-state index contributed by atoms with van der Waals surface area (Å²) in [7, 11) is 0. The van der Waals surface area contributed by atoms with Crippen LogP contribution < -0.4 is 5.32 Å². The van der Waals surface area contributed by atoms with Gasteiger partial charge in [-0.1, -0.05) is 50.7 Å². The first-order valence-corrected chi connectivity index (χ1v) is 9.89. The fourth-order valence-corrected chi connectivity index (χ4v) is 3.22. The molecule has 0 fully saturated rings. The molecular formula is C21H21F2N3O2S. The summed E-state index contributed by atoms with van der Waals surface area (Å²) < 4.78 is 33.0. The predicted molar refractivity (Wildman–Crippen MR) is 109 cm³/mol. The van der Waals surface area contributed by atoms with Crippen LogP contribution in [0.4, 0.5) is 14.5 Å². The number of carbonyl (C=O) groups is 1. The van der Waals surface area contributed by atoms with E-state index >= 15 is 0 Å². The van der Waals surface area contributed by atoms with Gasteiger partial charge in [0.25, 0.3) is 5.22 Å². The molecule has 0 radical (unpaired) electrons. The summed E-state index contributed by atoms with van der Waals surface area (Å²) in [6.45, 7) is 7.97. The topological polar surface area (TPSA) is 68.0 Å². The number of carbonyl (C=O) groups excluding carboxylic acids is 1. The Bertz CT molecular complexity index is 993. The van der Waals surface area contributed by atoms with Gasteiger partial charge in [0.05, 0.1) is 5.25 Å². The average molecular weight is 417 g/mol. The highest BCUT2D eigenvalue weighted by Gasteiger charge is 2.21. The highest BCUT2D eigenvalue weighted by atomic mass is 32.2. The molecule has 1 N–H and O–H groups in total. The smallest absolute Gasteiger partial charge is 0.277 e. The third-order valence-corrected chi connectivity index (χ3v) is 5.20. The number of amides is 1. The number of hydrogen-bond donors (Lipinski definition) is 1. The number of hydrogen-bond acceptors (Lipinski definition) is 5. The van der Waals surface area contributed by atoms with Gasteiger partial charge in [0.15, 0.2) is 0 Å². The SMILES string of the molecule is C[C@@H](Sc1nnc(-c2ccc(C(C)(C)C)cc2)o1)C(=O)Nc1c(F)cccc1F. The van der Waals surface area contributed by atoms with E-state index in [0.29, 0.717) is 5.89 Å². The quantitative estimate of drug-likeness (QED) is 0.561. The molecule has 0 spiro atoms. The molecule has 3 aromatic rings. The van der Waals surface area contributed by atoms with Gasteiger partial charge in [-0.05, 0) is 42.2 Å². The van der Waals surface area contributed by atoms with Crippen LogP contribution in [-0.2, 0) is 10.2 Å². The van der Waals surface area contributed by atoms with Crippen LogP contribution >= 0.6 is 11.8 Å². The number of thioether (sulfide) groups is 1. The van der Waals surface area contributed by atoms with E-state index in [1.807, 2.05) is 24.3 Å². The molecule has 0 unspecified atom stereocenters. The Labute approximate surface area is 171 Å². The zero-order valence-corrected chi connectivity index (χ0v) is 17.3. The van der Waals surface area contributed by atoms with Crippen molar-refractivity contribution in [1.82, 2.24) is 10.2 Å². The van der Waals surface area contributed by atoms with Crippen LogP contribution in [0.3, 0.4) is 0 Å². The molecular weight excluding hydrogens is 396 g/mol. The normalized spacial score (nSPS) is 12.6. The third kappa shape index (κ3) is 5.00. The minimum Gasteiger partial charge on any atom is -0.411 e. The number of anilines is 1. The maximum atomic E-state index is 13.7. The van der Waals surface area contributed by atoms with Crippen molar-refractivity contribution in [2.75, 3.05) is 5.32 Å². The molecule has 1 amide bonds. The van der Waals surface area contributed by atoms with E-state index in [2.05, 4.69) is 36.3 Å². The molecule has 152 valence electrons. The van der Waals surface area contributed by atoms with Crippen molar-refractivity contribution >= 4 is 23.4 Å². The molecule has 1 atom stereocenters. The second-order valence-electron chi connectivity index (χ2n) is 7.55. The van der Waals surface area contributed by atoms with Crippen LogP contribution in [0.25, 0.3) is 11.5 Å². The van der Waals surface area contributed by atoms with Crippen molar-refractivity contribution in [1.29, 1.82) is 0 Å². The Morgan fingerprint density at radius 3 is 2.28 bits per heavy atom. The Hall–Kier alpha value is -2.74. The average Bonchev–Trinajstić information content (AvgIpc) is 3.12. The van der Waals surface area contributed by atoms with Crippen LogP contribution in [0.5, 0.6) is 0 Å². The molecule has 29 heavy (non-hydrogen) atoms. The minimum atomic E-state index is -0.839. The number of para-hydroxylation sites is 1. The first-order valence-electron chi connectivity index (χ1n) is 9.01. The maximum absolute atomic E-state index is 13.7. The fourth-order valence-electron chi connectivity index (χ4n) is 2.53. The summed E-state index contributed by atoms with van der Waals surface area (Å²) in [6.07, 6.45) is 0. The zero-order chi connectivity index (χ0) is 21.2. The maximum Gasteiger partial charge on any atom is 0.277 e. The first kappa shape index (κ1) is 21.0. The standard InChI is InChI=1S/C21H21F2N3O2S/c1-12(18(27)24-17-15(22)6-5-7-16(17)23)29-20-26-25-19(28-20)13-8-10-14(11-9-13)21(2,3)4/h5-12H,1-4H3,(H,24,27)/t12-/m1/s1. The van der Waals surface area contributed by atoms with Gasteiger partial charge in [0.2, 0.25) is 11.8 Å². The lowest BCUT2D eigenvalue weighted by Crippen LogP contribution is -2.23. The minimum absolute atomic E-state index is 0.0366. The molecule has 0 saturated carbocycles. The molecule has 0 bridgehead atoms. The second-order valence-corrected chi connectivity index (χ2v) is 8.84. The first-order chi connectivity index (χ1) is 13.6. The van der Waals surface area contributed by atoms with Crippen LogP contribution in [0.1, 0.15) is 33.3 Å². The molecule has 2 aromatic carbocycles. The number of rotatable bonds is 5. The van der Waals surface area contributed by atoms with E-state index in [-0.39, 0.29) is 10.6 Å². The van der Waals surface area contributed by atoms with E-state index in [9.17, 15) is 13.6 Å². The van der Waals surface area contributed by atoms with Gasteiger partial charge >= 0.3 is 0 Å². The number of nitrogens with one attached hydrogen (secondary N) is 1. The Morgan fingerprint density at radius 2 is 1.69 bits per heavy atom. The third-order valence-electron chi connectivity index (χ3n) is 4.26. The zero-order valence-electron chi connectivity index (χ0n) is 16.5. The largest absolute Gasteiger partial charge is 0.411 e. The molecule has 5 nitrogen and oxygen atoms in total. The molecule has 1 heterocycles. The van der Waals surface area contributed by atoms with Crippen molar-refractivity contribution in [3.63, 3.8) is 0 Å². The van der Waals surface area contributed by atoms with Crippen molar-refractivity contribution in [2.45, 2.75) is 43.6 Å². The van der Waals surface area contributed by atoms with E-state index in [0.717, 1.165) is 29.5 Å². The monoisotopic (exact) mass is 417 g/mol. The lowest BCUT2D eigenvalue weighted by atomic mass is 9.87. The molecule has 0 aliphatic heterocycles. The number of halogens is 2. The lowest BCUT2D eigenvalue weighted by molar-refractivity contribution is -0.115. The molecule has 0 saturated heterocycles. The summed E-state index contributed by atoms with van der Waals surface area (Å²) in [5, 5.41) is 9.71. The molecule has 8 heteroatoms. The summed E-state index contributed by atoms with van der Waals surface area (Å²) >= 11 is 1.01. The van der Waals surface area contributed by atoms with Gasteiger partial charge in [-0.15, -0.1) is 10.2 Å². The summed E-state index contributed by atoms with van der Waals surface area (Å²) in [5.41, 5.74) is 1.51. The van der Waals surface area contributed by atoms with Crippen molar-refractivity contribution in [3.05, 3.63) is 59.7 Å². The van der Waals surface area contributed by atoms with E-state index < -0.39 is 28.5 Å². The Kier molecular flexibility index (Phi) is 6.02. The second kappa shape index (κ2) is 8.32. The van der Waals surface area contributed by atoms with Crippen LogP contribution in [-0.4, -0.2) is 21.4 Å². The van der Waals surface area contributed by atoms with E-state index in [1.54, 1.807) is 6.92 Å². The van der Waals surface area contributed by atoms with Gasteiger partial charge in [0.1, 0.15) is 17.3 Å². The van der Waals surface area contributed by atoms with E-state index in [1.165, 1.54) is 11.6 Å². The summed E-state index contributed by atoms with van der Waals surface area (Å²) in [6, 6.07) is 11.2. The van der Waals surface area contributed by atoms with Crippen molar-refractivity contribution < 1.29 is 18.0 Å². The Balaban J connectivity index is 1.67. The summed E-state index contributed by atoms with van der Waals surface area (Å²) in [4.78, 5) is 12.3. The number of aromatic nitrogens is 2. The fraction of sp³-hybridized carbons (Fsp3) is 0.286. The molecule has 0 aliphatic rings. The lowest BCUT2D eigenvalue weighted by Gasteiger charge is -2.18. The number of benzene rings is 2. The predicted octanol–water partition coefficient (Wildman–Crippen LogP) is 5.43. The highest BCUT2D eigenvalue weighted by Crippen LogP contribution is 2.29. The van der Waals surface area contributed by atoms with E-state index in [4.69, 9.17) is 4.42 Å². The van der Waals surface area contributed by atoms with Crippen molar-refractivity contribution in [3.8, 4) is 11.5 Å². The highest BCUT2D eigenvalue weighted by molar-refractivity contribution is 8.00. The van der Waals surface area contributed by atoms with Gasteiger partial charge in [-0.3, -0.25) is 4.79 Å². The van der Waals surface area contributed by atoms with Gasteiger partial charge in [-0.2, -0.15) is 0 Å². The molecule has 3 rings (SSSR count). The van der Waals surface area contributed by atoms with Crippen LogP contribution in [0, 0.1) is 11.6 Å². The molecule has 0 aliphatic carbocycles. The summed E-state index contributed by atoms with van der Waals surface area (Å²) in [5.74, 6) is -1.92. The van der Waals surface area contributed by atoms with Crippen molar-refractivity contribution in [2.24, 2.45) is 0 Å². The number of nitrogens with zero attached hydrogens (tertiary/aromatic N) is 2. The Morgan fingerprint density at radius 1 is 1.07 bits per heavy atom. The van der Waals surface area contributed by atoms with Crippen LogP contribution in [0.2, 0.25) is 0 Å². The van der Waals surface area contributed by atoms with Gasteiger partial charge in [0, 0.05) is 5.56 Å². The van der Waals surface area contributed by atoms with Crippen LogP contribution in [0.15, 0.2) is 52.1 Å².